The number of likely N-dealkylation sites (tertiary alicyclic amines) is 1. The Bertz CT molecular complexity index is 363. The van der Waals surface area contributed by atoms with Crippen LogP contribution in [0.2, 0.25) is 0 Å². The van der Waals surface area contributed by atoms with Crippen molar-refractivity contribution in [1.29, 1.82) is 0 Å². The zero-order valence-electron chi connectivity index (χ0n) is 9.32. The number of carbonyl (C=O) groups excluding carboxylic acids is 1. The van der Waals surface area contributed by atoms with E-state index in [9.17, 15) is 4.79 Å². The van der Waals surface area contributed by atoms with Gasteiger partial charge in [0.25, 0.3) is 0 Å². The number of nitrogens with two attached hydrogens (primary N) is 1. The Hall–Kier alpha value is -1.72. The van der Waals surface area contributed by atoms with Crippen molar-refractivity contribution in [3.05, 3.63) is 5.69 Å². The highest BCUT2D eigenvalue weighted by molar-refractivity contribution is 5.92. The summed E-state index contributed by atoms with van der Waals surface area (Å²) >= 11 is 0. The summed E-state index contributed by atoms with van der Waals surface area (Å²) in [6, 6.07) is -0.127. The van der Waals surface area contributed by atoms with Crippen LogP contribution < -0.4 is 11.1 Å². The van der Waals surface area contributed by atoms with Crippen LogP contribution in [0.1, 0.15) is 25.0 Å². The van der Waals surface area contributed by atoms with Crippen LogP contribution in [0.5, 0.6) is 0 Å². The smallest absolute Gasteiger partial charge is 0.322 e. The first-order valence-corrected chi connectivity index (χ1v) is 5.46. The van der Waals surface area contributed by atoms with Crippen LogP contribution in [0.4, 0.5) is 16.4 Å². The summed E-state index contributed by atoms with van der Waals surface area (Å²) in [6.07, 6.45) is 3.31. The molecule has 6 nitrogen and oxygen atoms in total. The first kappa shape index (κ1) is 10.8. The van der Waals surface area contributed by atoms with E-state index in [2.05, 4.69) is 10.5 Å². The summed E-state index contributed by atoms with van der Waals surface area (Å²) in [4.78, 5) is 13.6. The molecule has 1 fully saturated rings. The average molecular weight is 224 g/mol. The van der Waals surface area contributed by atoms with Crippen LogP contribution in [0.15, 0.2) is 4.52 Å². The van der Waals surface area contributed by atoms with Gasteiger partial charge in [0, 0.05) is 13.1 Å². The van der Waals surface area contributed by atoms with E-state index in [4.69, 9.17) is 10.3 Å². The highest BCUT2D eigenvalue weighted by Crippen LogP contribution is 2.22. The molecule has 1 aromatic rings. The molecule has 2 heterocycles. The van der Waals surface area contributed by atoms with E-state index in [-0.39, 0.29) is 11.9 Å². The Morgan fingerprint density at radius 3 is 2.69 bits per heavy atom. The summed E-state index contributed by atoms with van der Waals surface area (Å²) in [5.74, 6) is 0.155. The molecule has 0 unspecified atom stereocenters. The van der Waals surface area contributed by atoms with E-state index >= 15 is 0 Å². The van der Waals surface area contributed by atoms with Gasteiger partial charge in [0.1, 0.15) is 11.4 Å². The molecular weight excluding hydrogens is 208 g/mol. The molecule has 1 aromatic heterocycles. The number of aromatic nitrogens is 1. The molecule has 0 spiro atoms. The number of nitrogens with zero attached hydrogens (tertiary/aromatic N) is 2. The molecule has 3 N–H and O–H groups in total. The highest BCUT2D eigenvalue weighted by atomic mass is 16.5. The Balaban J connectivity index is 2.01. The first-order chi connectivity index (χ1) is 7.68. The van der Waals surface area contributed by atoms with Crippen molar-refractivity contribution in [3.8, 4) is 0 Å². The molecule has 1 saturated heterocycles. The second-order valence-electron chi connectivity index (χ2n) is 3.99. The second kappa shape index (κ2) is 4.42. The fraction of sp³-hybridized carbons (Fsp3) is 0.600. The predicted molar refractivity (Wildman–Crippen MR) is 60.1 cm³/mol. The number of anilines is 2. The molecule has 6 heteroatoms. The minimum absolute atomic E-state index is 0.127. The number of rotatable bonds is 1. The first-order valence-electron chi connectivity index (χ1n) is 5.46. The van der Waals surface area contributed by atoms with Crippen molar-refractivity contribution < 1.29 is 9.32 Å². The Kier molecular flexibility index (Phi) is 2.98. The summed E-state index contributed by atoms with van der Waals surface area (Å²) in [5, 5.41) is 6.42. The maximum atomic E-state index is 11.9. The third kappa shape index (κ3) is 2.10. The zero-order valence-corrected chi connectivity index (χ0v) is 9.32. The number of carbonyl (C=O) groups is 1. The minimum Gasteiger partial charge on any atom is -0.366 e. The third-order valence-electron chi connectivity index (χ3n) is 2.76. The van der Waals surface area contributed by atoms with Crippen LogP contribution in [-0.4, -0.2) is 29.2 Å². The number of aryl methyl sites for hydroxylation is 1. The number of hydrogen-bond donors (Lipinski definition) is 2. The Morgan fingerprint density at radius 2 is 2.12 bits per heavy atom. The summed E-state index contributed by atoms with van der Waals surface area (Å²) < 4.78 is 4.78. The van der Waals surface area contributed by atoms with E-state index in [0.717, 1.165) is 25.9 Å². The molecular formula is C10H16N4O2. The molecule has 0 aromatic carbocycles. The van der Waals surface area contributed by atoms with Crippen molar-refractivity contribution in [2.24, 2.45) is 0 Å². The number of nitrogen functional groups attached to an aromatic ring is 1. The molecule has 2 amide bonds. The highest BCUT2D eigenvalue weighted by Gasteiger charge is 2.19. The van der Waals surface area contributed by atoms with Crippen LogP contribution in [0, 0.1) is 6.92 Å². The lowest BCUT2D eigenvalue weighted by Gasteiger charge is -2.26. The van der Waals surface area contributed by atoms with Crippen molar-refractivity contribution in [2.45, 2.75) is 26.2 Å². The quantitative estimate of drug-likeness (QED) is 0.758. The Morgan fingerprint density at radius 1 is 1.44 bits per heavy atom. The van der Waals surface area contributed by atoms with Crippen LogP contribution in [0.25, 0.3) is 0 Å². The molecule has 0 atom stereocenters. The molecule has 0 aliphatic carbocycles. The number of piperidine rings is 1. The fourth-order valence-electron chi connectivity index (χ4n) is 1.82. The van der Waals surface area contributed by atoms with Gasteiger partial charge in [-0.25, -0.2) is 4.79 Å². The number of urea groups is 1. The van der Waals surface area contributed by atoms with Crippen LogP contribution >= 0.6 is 0 Å². The summed E-state index contributed by atoms with van der Waals surface area (Å²) in [5.41, 5.74) is 6.64. The van der Waals surface area contributed by atoms with Gasteiger partial charge in [0.2, 0.25) is 5.88 Å². The summed E-state index contributed by atoms with van der Waals surface area (Å²) in [7, 11) is 0. The predicted octanol–water partition coefficient (Wildman–Crippen LogP) is 1.58. The molecule has 88 valence electrons. The van der Waals surface area contributed by atoms with Gasteiger partial charge < -0.3 is 20.5 Å². The molecule has 16 heavy (non-hydrogen) atoms. The lowest BCUT2D eigenvalue weighted by atomic mass is 10.1. The van der Waals surface area contributed by atoms with Gasteiger partial charge in [-0.2, -0.15) is 0 Å². The van der Waals surface area contributed by atoms with E-state index in [1.807, 2.05) is 0 Å². The summed E-state index contributed by atoms with van der Waals surface area (Å²) in [6.45, 7) is 3.35. The monoisotopic (exact) mass is 224 g/mol. The van der Waals surface area contributed by atoms with Crippen molar-refractivity contribution in [2.75, 3.05) is 24.1 Å². The van der Waals surface area contributed by atoms with E-state index in [1.165, 1.54) is 6.42 Å². The van der Waals surface area contributed by atoms with Gasteiger partial charge in [0.15, 0.2) is 0 Å². The number of amides is 2. The third-order valence-corrected chi connectivity index (χ3v) is 2.76. The van der Waals surface area contributed by atoms with Gasteiger partial charge in [-0.3, -0.25) is 0 Å². The van der Waals surface area contributed by atoms with E-state index in [0.29, 0.717) is 11.4 Å². The Labute approximate surface area is 93.8 Å². The van der Waals surface area contributed by atoms with E-state index < -0.39 is 0 Å². The van der Waals surface area contributed by atoms with Gasteiger partial charge in [-0.1, -0.05) is 5.16 Å². The van der Waals surface area contributed by atoms with Crippen molar-refractivity contribution in [3.63, 3.8) is 0 Å². The largest absolute Gasteiger partial charge is 0.366 e. The molecule has 2 rings (SSSR count). The van der Waals surface area contributed by atoms with Crippen molar-refractivity contribution >= 4 is 17.6 Å². The van der Waals surface area contributed by atoms with E-state index in [1.54, 1.807) is 11.8 Å². The van der Waals surface area contributed by atoms with Crippen LogP contribution in [-0.2, 0) is 0 Å². The molecule has 0 radical (unpaired) electrons. The maximum Gasteiger partial charge on any atom is 0.322 e. The fourth-order valence-corrected chi connectivity index (χ4v) is 1.82. The van der Waals surface area contributed by atoms with Gasteiger partial charge in [-0.15, -0.1) is 0 Å². The minimum atomic E-state index is -0.127. The molecule has 1 aliphatic rings. The maximum absolute atomic E-state index is 11.9. The standard InChI is InChI=1S/C10H16N4O2/c1-7-8(9(11)16-13-7)12-10(15)14-5-3-2-4-6-14/h2-6,11H2,1H3,(H,12,15). The average Bonchev–Trinajstić information content (AvgIpc) is 2.62. The lowest BCUT2D eigenvalue weighted by Crippen LogP contribution is -2.38. The SMILES string of the molecule is Cc1noc(N)c1NC(=O)N1CCCCC1. The van der Waals surface area contributed by atoms with Gasteiger partial charge >= 0.3 is 6.03 Å². The second-order valence-corrected chi connectivity index (χ2v) is 3.99. The zero-order chi connectivity index (χ0) is 11.5. The van der Waals surface area contributed by atoms with Gasteiger partial charge in [0.05, 0.1) is 0 Å². The van der Waals surface area contributed by atoms with Crippen LogP contribution in [0.3, 0.4) is 0 Å². The molecule has 0 bridgehead atoms. The number of hydrogen-bond acceptors (Lipinski definition) is 4. The lowest BCUT2D eigenvalue weighted by molar-refractivity contribution is 0.200. The molecule has 0 saturated carbocycles. The molecule has 1 aliphatic heterocycles. The number of nitrogens with one attached hydrogen (secondary N) is 1. The topological polar surface area (TPSA) is 84.4 Å². The van der Waals surface area contributed by atoms with Crippen molar-refractivity contribution in [1.82, 2.24) is 10.1 Å². The normalized spacial score (nSPS) is 16.2. The van der Waals surface area contributed by atoms with Gasteiger partial charge in [-0.05, 0) is 26.2 Å².